The van der Waals surface area contributed by atoms with E-state index >= 15 is 0 Å². The number of aliphatic hydroxyl groups is 1. The molecule has 3 rings (SSSR count). The fraction of sp³-hybridized carbons (Fsp3) is 0.750. The Bertz CT molecular complexity index is 140. The SMILES string of the molecule is O[C@@H]1C[C@@H]2C=C[C@H]1CC2. The molecule has 1 nitrogen and oxygen atoms in total. The van der Waals surface area contributed by atoms with Gasteiger partial charge in [-0.2, -0.15) is 0 Å². The number of hydrogen-bond donors (Lipinski definition) is 1. The lowest BCUT2D eigenvalue weighted by atomic mass is 9.74. The van der Waals surface area contributed by atoms with Crippen molar-refractivity contribution < 1.29 is 5.11 Å². The summed E-state index contributed by atoms with van der Waals surface area (Å²) in [7, 11) is 0. The minimum atomic E-state index is -0.0197. The minimum Gasteiger partial charge on any atom is -0.392 e. The second kappa shape index (κ2) is 1.84. The average Bonchev–Trinajstić information content (AvgIpc) is 1.90. The van der Waals surface area contributed by atoms with Crippen LogP contribution < -0.4 is 0 Å². The van der Waals surface area contributed by atoms with Crippen LogP contribution in [0.25, 0.3) is 0 Å². The molecule has 1 N–H and O–H groups in total. The van der Waals surface area contributed by atoms with Gasteiger partial charge in [-0.05, 0) is 25.2 Å². The standard InChI is InChI=1S/C8H12O/c9-8-5-6-1-3-7(8)4-2-6/h1,3,6-9H,2,4-5H2/t6-,7+,8-/m1/s1. The minimum absolute atomic E-state index is 0.0197. The molecule has 1 fully saturated rings. The van der Waals surface area contributed by atoms with Crippen LogP contribution in [0, 0.1) is 11.8 Å². The molecular formula is C8H12O. The first-order valence-corrected chi connectivity index (χ1v) is 3.72. The second-order valence-corrected chi connectivity index (χ2v) is 3.19. The molecule has 0 unspecified atom stereocenters. The van der Waals surface area contributed by atoms with Gasteiger partial charge in [0, 0.05) is 5.92 Å². The summed E-state index contributed by atoms with van der Waals surface area (Å²) >= 11 is 0. The third-order valence-corrected chi connectivity index (χ3v) is 2.54. The van der Waals surface area contributed by atoms with Crippen molar-refractivity contribution in [2.45, 2.75) is 25.4 Å². The van der Waals surface area contributed by atoms with Crippen molar-refractivity contribution in [2.75, 3.05) is 0 Å². The lowest BCUT2D eigenvalue weighted by Crippen LogP contribution is -2.31. The third-order valence-electron chi connectivity index (χ3n) is 2.54. The molecule has 0 aromatic carbocycles. The van der Waals surface area contributed by atoms with Gasteiger partial charge in [0.1, 0.15) is 0 Å². The fourth-order valence-corrected chi connectivity index (χ4v) is 1.90. The Morgan fingerprint density at radius 2 is 2.11 bits per heavy atom. The van der Waals surface area contributed by atoms with E-state index < -0.39 is 0 Å². The maximum atomic E-state index is 9.35. The van der Waals surface area contributed by atoms with Crippen molar-refractivity contribution in [3.05, 3.63) is 12.2 Å². The van der Waals surface area contributed by atoms with Gasteiger partial charge in [0.15, 0.2) is 0 Å². The highest BCUT2D eigenvalue weighted by Crippen LogP contribution is 2.35. The van der Waals surface area contributed by atoms with Crippen molar-refractivity contribution in [2.24, 2.45) is 11.8 Å². The Balaban J connectivity index is 2.20. The van der Waals surface area contributed by atoms with Gasteiger partial charge in [-0.3, -0.25) is 0 Å². The van der Waals surface area contributed by atoms with Crippen molar-refractivity contribution >= 4 is 0 Å². The van der Waals surface area contributed by atoms with Gasteiger partial charge in [-0.25, -0.2) is 0 Å². The summed E-state index contributed by atoms with van der Waals surface area (Å²) in [5.74, 6) is 1.19. The summed E-state index contributed by atoms with van der Waals surface area (Å²) < 4.78 is 0. The van der Waals surface area contributed by atoms with Crippen LogP contribution in [0.15, 0.2) is 12.2 Å². The zero-order valence-corrected chi connectivity index (χ0v) is 5.46. The largest absolute Gasteiger partial charge is 0.392 e. The van der Waals surface area contributed by atoms with E-state index in [1.54, 1.807) is 0 Å². The van der Waals surface area contributed by atoms with Crippen molar-refractivity contribution in [3.63, 3.8) is 0 Å². The predicted molar refractivity (Wildman–Crippen MR) is 36.0 cm³/mol. The zero-order chi connectivity index (χ0) is 6.27. The van der Waals surface area contributed by atoms with Gasteiger partial charge < -0.3 is 5.11 Å². The van der Waals surface area contributed by atoms with E-state index in [1.807, 2.05) is 0 Å². The molecule has 50 valence electrons. The number of aliphatic hydroxyl groups excluding tert-OH is 1. The van der Waals surface area contributed by atoms with Crippen molar-refractivity contribution in [1.82, 2.24) is 0 Å². The predicted octanol–water partition coefficient (Wildman–Crippen LogP) is 1.33. The van der Waals surface area contributed by atoms with Crippen LogP contribution in [-0.2, 0) is 0 Å². The van der Waals surface area contributed by atoms with E-state index in [0.717, 1.165) is 6.42 Å². The number of allylic oxidation sites excluding steroid dienone is 1. The van der Waals surface area contributed by atoms with Crippen LogP contribution >= 0.6 is 0 Å². The molecule has 0 aromatic rings. The smallest absolute Gasteiger partial charge is 0.0608 e. The summed E-state index contributed by atoms with van der Waals surface area (Å²) in [6.45, 7) is 0. The Morgan fingerprint density at radius 1 is 1.22 bits per heavy atom. The summed E-state index contributed by atoms with van der Waals surface area (Å²) in [6, 6.07) is 0. The molecule has 2 bridgehead atoms. The molecule has 0 spiro atoms. The zero-order valence-electron chi connectivity index (χ0n) is 5.46. The molecule has 1 heteroatoms. The normalized spacial score (nSPS) is 47.9. The van der Waals surface area contributed by atoms with E-state index in [2.05, 4.69) is 12.2 Å². The summed E-state index contributed by atoms with van der Waals surface area (Å²) in [5, 5.41) is 9.35. The maximum absolute atomic E-state index is 9.35. The molecule has 3 aliphatic rings. The van der Waals surface area contributed by atoms with Crippen LogP contribution in [-0.4, -0.2) is 11.2 Å². The van der Waals surface area contributed by atoms with E-state index in [9.17, 15) is 5.11 Å². The van der Waals surface area contributed by atoms with Gasteiger partial charge in [0.25, 0.3) is 0 Å². The molecule has 0 saturated heterocycles. The first-order chi connectivity index (χ1) is 4.36. The molecule has 0 heterocycles. The molecule has 0 aromatic heterocycles. The summed E-state index contributed by atoms with van der Waals surface area (Å²) in [6.07, 6.45) is 7.96. The van der Waals surface area contributed by atoms with Crippen LogP contribution in [0.2, 0.25) is 0 Å². The van der Waals surface area contributed by atoms with Gasteiger partial charge in [0.05, 0.1) is 6.10 Å². The molecular weight excluding hydrogens is 112 g/mol. The van der Waals surface area contributed by atoms with E-state index in [1.165, 1.54) is 12.8 Å². The molecule has 0 radical (unpaired) electrons. The number of fused-ring (bicyclic) bond motifs is 2. The second-order valence-electron chi connectivity index (χ2n) is 3.19. The third kappa shape index (κ3) is 0.799. The highest BCUT2D eigenvalue weighted by atomic mass is 16.3. The van der Waals surface area contributed by atoms with Crippen LogP contribution in [0.1, 0.15) is 19.3 Å². The molecule has 3 aliphatic carbocycles. The Kier molecular flexibility index (Phi) is 1.12. The average molecular weight is 124 g/mol. The maximum Gasteiger partial charge on any atom is 0.0608 e. The lowest BCUT2D eigenvalue weighted by molar-refractivity contribution is 0.0667. The first kappa shape index (κ1) is 5.48. The van der Waals surface area contributed by atoms with Crippen molar-refractivity contribution in [3.8, 4) is 0 Å². The number of rotatable bonds is 0. The summed E-state index contributed by atoms with van der Waals surface area (Å²) in [4.78, 5) is 0. The molecule has 1 saturated carbocycles. The number of hydrogen-bond acceptors (Lipinski definition) is 1. The van der Waals surface area contributed by atoms with Crippen LogP contribution in [0.4, 0.5) is 0 Å². The van der Waals surface area contributed by atoms with E-state index in [-0.39, 0.29) is 6.10 Å². The monoisotopic (exact) mass is 124 g/mol. The van der Waals surface area contributed by atoms with Gasteiger partial charge >= 0.3 is 0 Å². The highest BCUT2D eigenvalue weighted by Gasteiger charge is 2.29. The molecule has 0 amide bonds. The Hall–Kier alpha value is -0.300. The Morgan fingerprint density at radius 3 is 2.33 bits per heavy atom. The van der Waals surface area contributed by atoms with Gasteiger partial charge in [-0.15, -0.1) is 0 Å². The molecule has 3 atom stereocenters. The van der Waals surface area contributed by atoms with Crippen LogP contribution in [0.3, 0.4) is 0 Å². The van der Waals surface area contributed by atoms with Gasteiger partial charge in [-0.1, -0.05) is 12.2 Å². The first-order valence-electron chi connectivity index (χ1n) is 3.72. The van der Waals surface area contributed by atoms with Gasteiger partial charge in [0.2, 0.25) is 0 Å². The Labute approximate surface area is 55.4 Å². The fourth-order valence-electron chi connectivity index (χ4n) is 1.90. The summed E-state index contributed by atoms with van der Waals surface area (Å²) in [5.41, 5.74) is 0. The van der Waals surface area contributed by atoms with E-state index in [0.29, 0.717) is 11.8 Å². The van der Waals surface area contributed by atoms with E-state index in [4.69, 9.17) is 0 Å². The van der Waals surface area contributed by atoms with Crippen molar-refractivity contribution in [1.29, 1.82) is 0 Å². The quantitative estimate of drug-likeness (QED) is 0.483. The highest BCUT2D eigenvalue weighted by molar-refractivity contribution is 5.06. The molecule has 0 aliphatic heterocycles. The lowest BCUT2D eigenvalue weighted by Gasteiger charge is -2.34. The van der Waals surface area contributed by atoms with Crippen LogP contribution in [0.5, 0.6) is 0 Å². The topological polar surface area (TPSA) is 20.2 Å². The molecule has 9 heavy (non-hydrogen) atoms.